The highest BCUT2D eigenvalue weighted by molar-refractivity contribution is 6.12. The predicted octanol–water partition coefficient (Wildman–Crippen LogP) is 2.91. The molecule has 4 amide bonds. The molecule has 1 aromatic carbocycles. The number of rotatable bonds is 7. The van der Waals surface area contributed by atoms with Gasteiger partial charge in [0.2, 0.25) is 5.91 Å². The van der Waals surface area contributed by atoms with Crippen molar-refractivity contribution < 1.29 is 14.4 Å². The molecule has 10 nitrogen and oxygen atoms in total. The molecule has 0 saturated carbocycles. The largest absolute Gasteiger partial charge is 0.384 e. The maximum Gasteiger partial charge on any atom is 0.325 e. The van der Waals surface area contributed by atoms with E-state index in [9.17, 15) is 14.4 Å². The Morgan fingerprint density at radius 1 is 1.19 bits per heavy atom. The van der Waals surface area contributed by atoms with Gasteiger partial charge in [-0.2, -0.15) is 5.10 Å². The lowest BCUT2D eigenvalue weighted by molar-refractivity contribution is -0.156. The van der Waals surface area contributed by atoms with Crippen molar-refractivity contribution in [2.45, 2.75) is 45.7 Å². The summed E-state index contributed by atoms with van der Waals surface area (Å²) in [5.41, 5.74) is 9.70. The van der Waals surface area contributed by atoms with E-state index in [1.54, 1.807) is 49.4 Å². The van der Waals surface area contributed by atoms with Crippen molar-refractivity contribution in [2.75, 3.05) is 17.7 Å². The molecule has 0 bridgehead atoms. The predicted molar refractivity (Wildman–Crippen MR) is 141 cm³/mol. The molecule has 3 heterocycles. The van der Waals surface area contributed by atoms with Gasteiger partial charge in [-0.15, -0.1) is 0 Å². The molecule has 0 spiro atoms. The van der Waals surface area contributed by atoms with Gasteiger partial charge in [0.15, 0.2) is 5.82 Å². The molecular formula is C27H33N7O3. The van der Waals surface area contributed by atoms with E-state index in [0.717, 1.165) is 27.2 Å². The van der Waals surface area contributed by atoms with Crippen LogP contribution in [-0.2, 0) is 23.1 Å². The Labute approximate surface area is 216 Å². The third-order valence-electron chi connectivity index (χ3n) is 6.88. The van der Waals surface area contributed by atoms with E-state index in [1.165, 1.54) is 4.90 Å². The molecule has 0 radical (unpaired) electrons. The van der Waals surface area contributed by atoms with Crippen molar-refractivity contribution in [2.24, 2.45) is 13.0 Å². The van der Waals surface area contributed by atoms with E-state index >= 15 is 0 Å². The number of urea groups is 1. The number of hydrogen-bond acceptors (Lipinski definition) is 6. The molecule has 3 aromatic rings. The number of hydrogen-bond donors (Lipinski definition) is 2. The monoisotopic (exact) mass is 503 g/mol. The molecule has 4 rings (SSSR count). The third-order valence-corrected chi connectivity index (χ3v) is 6.88. The molecule has 194 valence electrons. The summed E-state index contributed by atoms with van der Waals surface area (Å²) < 4.78 is 1.59. The average molecular weight is 504 g/mol. The lowest BCUT2D eigenvalue weighted by Gasteiger charge is -2.45. The number of nitrogen functional groups attached to an aromatic ring is 1. The zero-order valence-electron chi connectivity index (χ0n) is 21.8. The number of aryl methyl sites for hydroxylation is 3. The Morgan fingerprint density at radius 2 is 1.95 bits per heavy atom. The van der Waals surface area contributed by atoms with Crippen molar-refractivity contribution in [3.63, 3.8) is 0 Å². The van der Waals surface area contributed by atoms with Gasteiger partial charge in [-0.3, -0.25) is 24.1 Å². The number of carbonyl (C=O) groups is 3. The number of nitrogens with one attached hydrogen (secondary N) is 1. The van der Waals surface area contributed by atoms with Crippen LogP contribution in [0.5, 0.6) is 0 Å². The molecule has 3 N–H and O–H groups in total. The van der Waals surface area contributed by atoms with Crippen LogP contribution in [0.25, 0.3) is 0 Å². The van der Waals surface area contributed by atoms with Crippen molar-refractivity contribution >= 4 is 29.5 Å². The lowest BCUT2D eigenvalue weighted by atomic mass is 9.81. The number of likely N-dealkylation sites (tertiary alicyclic amines) is 1. The number of β-lactam (4-membered cyclic amide) rings is 1. The molecule has 1 aliphatic rings. The summed E-state index contributed by atoms with van der Waals surface area (Å²) >= 11 is 0. The topological polar surface area (TPSA) is 126 Å². The second-order valence-electron chi connectivity index (χ2n) is 9.57. The number of pyridine rings is 1. The Bertz CT molecular complexity index is 1340. The maximum atomic E-state index is 13.7. The minimum absolute atomic E-state index is 0.260. The number of imide groups is 1. The smallest absolute Gasteiger partial charge is 0.325 e. The fourth-order valence-corrected chi connectivity index (χ4v) is 4.78. The van der Waals surface area contributed by atoms with E-state index in [4.69, 9.17) is 5.73 Å². The van der Waals surface area contributed by atoms with Crippen LogP contribution >= 0.6 is 0 Å². The first-order valence-corrected chi connectivity index (χ1v) is 12.3. The van der Waals surface area contributed by atoms with Crippen LogP contribution in [0.15, 0.2) is 48.8 Å². The number of carbonyl (C=O) groups excluding carboxylic acids is 3. The van der Waals surface area contributed by atoms with Crippen LogP contribution in [0.4, 0.5) is 16.4 Å². The third kappa shape index (κ3) is 5.18. The van der Waals surface area contributed by atoms with Gasteiger partial charge in [0, 0.05) is 32.6 Å². The number of aromatic nitrogens is 3. The minimum atomic E-state index is -0.981. The van der Waals surface area contributed by atoms with Crippen LogP contribution in [-0.4, -0.2) is 50.6 Å². The molecular weight excluding hydrogens is 470 g/mol. The highest BCUT2D eigenvalue weighted by Gasteiger charge is 2.55. The standard InChI is InChI=1S/C27H33N7O3/c1-6-21(19-13-16(2)7-8-17(19)3)30-27(37)34-24(26(36)33(5)23-10-12-32(4)31-23)20(25(34)35)14-18-9-11-29-22(28)15-18/h7-13,15,20-21,24H,6,14H2,1-5H3,(H2,28,29)(H,30,37)/t20-,21?,24+/m1/s1. The molecule has 37 heavy (non-hydrogen) atoms. The Kier molecular flexibility index (Phi) is 7.28. The first kappa shape index (κ1) is 25.9. The van der Waals surface area contributed by atoms with Crippen LogP contribution in [0.1, 0.15) is 41.6 Å². The zero-order chi connectivity index (χ0) is 26.9. The SMILES string of the molecule is CCC(NC(=O)N1C(=O)[C@H](Cc2ccnc(N)c2)[C@H]1C(=O)N(C)c1ccn(C)n1)c1cc(C)ccc1C. The van der Waals surface area contributed by atoms with Crippen LogP contribution < -0.4 is 16.0 Å². The Hall–Kier alpha value is -4.21. The van der Waals surface area contributed by atoms with Crippen LogP contribution in [0.2, 0.25) is 0 Å². The summed E-state index contributed by atoms with van der Waals surface area (Å²) in [4.78, 5) is 46.9. The summed E-state index contributed by atoms with van der Waals surface area (Å²) in [6, 6.07) is 9.33. The van der Waals surface area contributed by atoms with Crippen molar-refractivity contribution in [3.05, 3.63) is 71.0 Å². The summed E-state index contributed by atoms with van der Waals surface area (Å²) in [6.07, 6.45) is 4.17. The van der Waals surface area contributed by atoms with Crippen LogP contribution in [0.3, 0.4) is 0 Å². The number of anilines is 2. The Morgan fingerprint density at radius 3 is 2.59 bits per heavy atom. The molecule has 3 atom stereocenters. The highest BCUT2D eigenvalue weighted by Crippen LogP contribution is 2.33. The van der Waals surface area contributed by atoms with E-state index in [2.05, 4.69) is 15.4 Å². The second-order valence-corrected chi connectivity index (χ2v) is 9.57. The van der Waals surface area contributed by atoms with Gasteiger partial charge in [-0.1, -0.05) is 30.7 Å². The Balaban J connectivity index is 1.61. The molecule has 1 fully saturated rings. The molecule has 2 aromatic heterocycles. The first-order chi connectivity index (χ1) is 17.6. The van der Waals surface area contributed by atoms with Crippen molar-refractivity contribution in [3.8, 4) is 0 Å². The van der Waals surface area contributed by atoms with Gasteiger partial charge in [0.1, 0.15) is 11.9 Å². The zero-order valence-corrected chi connectivity index (χ0v) is 21.8. The highest BCUT2D eigenvalue weighted by atomic mass is 16.2. The van der Waals surface area contributed by atoms with Gasteiger partial charge < -0.3 is 11.1 Å². The summed E-state index contributed by atoms with van der Waals surface area (Å²) in [5.74, 6) is -0.753. The van der Waals surface area contributed by atoms with Gasteiger partial charge >= 0.3 is 6.03 Å². The van der Waals surface area contributed by atoms with E-state index in [-0.39, 0.29) is 18.4 Å². The van der Waals surface area contributed by atoms with E-state index in [1.807, 2.05) is 39.0 Å². The quantitative estimate of drug-likeness (QED) is 0.478. The van der Waals surface area contributed by atoms with E-state index < -0.39 is 23.9 Å². The molecule has 10 heteroatoms. The molecule has 1 unspecified atom stereocenters. The van der Waals surface area contributed by atoms with Gasteiger partial charge in [0.05, 0.1) is 12.0 Å². The maximum absolute atomic E-state index is 13.7. The number of amides is 4. The normalized spacial score (nSPS) is 17.8. The number of nitrogens with zero attached hydrogens (tertiary/aromatic N) is 5. The number of benzene rings is 1. The average Bonchev–Trinajstić information content (AvgIpc) is 3.31. The molecule has 1 aliphatic heterocycles. The minimum Gasteiger partial charge on any atom is -0.384 e. The van der Waals surface area contributed by atoms with Gasteiger partial charge in [-0.05, 0) is 55.5 Å². The summed E-state index contributed by atoms with van der Waals surface area (Å²) in [7, 11) is 3.35. The van der Waals surface area contributed by atoms with Gasteiger partial charge in [0.25, 0.3) is 5.91 Å². The summed E-state index contributed by atoms with van der Waals surface area (Å²) in [5, 5.41) is 7.28. The van der Waals surface area contributed by atoms with Crippen molar-refractivity contribution in [1.82, 2.24) is 25.0 Å². The van der Waals surface area contributed by atoms with E-state index in [0.29, 0.717) is 18.1 Å². The first-order valence-electron chi connectivity index (χ1n) is 12.3. The van der Waals surface area contributed by atoms with Gasteiger partial charge in [-0.25, -0.2) is 9.78 Å². The molecule has 0 aliphatic carbocycles. The number of nitrogens with two attached hydrogens (primary N) is 1. The molecule has 1 saturated heterocycles. The fraction of sp³-hybridized carbons (Fsp3) is 0.370. The lowest BCUT2D eigenvalue weighted by Crippen LogP contribution is -2.70. The van der Waals surface area contributed by atoms with Crippen molar-refractivity contribution in [1.29, 1.82) is 0 Å². The summed E-state index contributed by atoms with van der Waals surface area (Å²) in [6.45, 7) is 5.96. The number of likely N-dealkylation sites (N-methyl/N-ethyl adjacent to an activating group) is 1. The fourth-order valence-electron chi connectivity index (χ4n) is 4.78. The van der Waals surface area contributed by atoms with Crippen LogP contribution in [0, 0.1) is 19.8 Å². The second kappa shape index (κ2) is 10.4.